The molecule has 0 heterocycles. The molecule has 7 heteroatoms. The lowest BCUT2D eigenvalue weighted by Gasteiger charge is -2.09. The van der Waals surface area contributed by atoms with E-state index in [2.05, 4.69) is 4.72 Å². The Morgan fingerprint density at radius 2 is 1.86 bits per heavy atom. The maximum absolute atomic E-state index is 13.6. The molecule has 0 aliphatic carbocycles. The smallest absolute Gasteiger partial charge is 0.262 e. The molecule has 2 aromatic carbocycles. The summed E-state index contributed by atoms with van der Waals surface area (Å²) in [6, 6.07) is 11.2. The van der Waals surface area contributed by atoms with Gasteiger partial charge in [0.25, 0.3) is 10.0 Å². The Labute approximate surface area is 121 Å². The number of nitrogens with zero attached hydrogens (tertiary/aromatic N) is 1. The second kappa shape index (κ2) is 5.81. The zero-order chi connectivity index (χ0) is 15.5. The molecule has 0 saturated heterocycles. The summed E-state index contributed by atoms with van der Waals surface area (Å²) in [5.41, 5.74) is 0.693. The number of rotatable bonds is 4. The maximum atomic E-state index is 13.6. The van der Waals surface area contributed by atoms with Crippen molar-refractivity contribution in [1.29, 1.82) is 5.26 Å². The fourth-order valence-electron chi connectivity index (χ4n) is 1.64. The van der Waals surface area contributed by atoms with E-state index in [1.165, 1.54) is 43.5 Å². The highest BCUT2D eigenvalue weighted by Crippen LogP contribution is 2.22. The topological polar surface area (TPSA) is 79.2 Å². The van der Waals surface area contributed by atoms with Gasteiger partial charge in [-0.15, -0.1) is 0 Å². The summed E-state index contributed by atoms with van der Waals surface area (Å²) < 4.78 is 44.9. The minimum atomic E-state index is -3.91. The van der Waals surface area contributed by atoms with Crippen molar-refractivity contribution in [1.82, 2.24) is 0 Å². The fourth-order valence-corrected chi connectivity index (χ4v) is 2.71. The van der Waals surface area contributed by atoms with Crippen molar-refractivity contribution in [3.05, 3.63) is 53.8 Å². The van der Waals surface area contributed by atoms with E-state index in [1.807, 2.05) is 6.07 Å². The molecule has 0 spiro atoms. The molecule has 2 rings (SSSR count). The van der Waals surface area contributed by atoms with Crippen molar-refractivity contribution in [3.63, 3.8) is 0 Å². The lowest BCUT2D eigenvalue weighted by Crippen LogP contribution is -2.13. The molecule has 0 radical (unpaired) electrons. The Hall–Kier alpha value is -2.59. The summed E-state index contributed by atoms with van der Waals surface area (Å²) in [6.07, 6.45) is 0. The van der Waals surface area contributed by atoms with E-state index >= 15 is 0 Å². The van der Waals surface area contributed by atoms with Gasteiger partial charge in [0.05, 0.1) is 23.6 Å². The van der Waals surface area contributed by atoms with Gasteiger partial charge in [-0.2, -0.15) is 5.26 Å². The largest absolute Gasteiger partial charge is 0.494 e. The third kappa shape index (κ3) is 3.30. The van der Waals surface area contributed by atoms with Crippen LogP contribution in [0.25, 0.3) is 0 Å². The molecule has 0 bridgehead atoms. The molecular formula is C14H11FN2O3S. The molecule has 0 aliphatic rings. The van der Waals surface area contributed by atoms with Gasteiger partial charge in [-0.05, 0) is 42.5 Å². The number of nitriles is 1. The molecule has 5 nitrogen and oxygen atoms in total. The molecule has 21 heavy (non-hydrogen) atoms. The van der Waals surface area contributed by atoms with Crippen LogP contribution in [0.15, 0.2) is 47.4 Å². The van der Waals surface area contributed by atoms with Crippen LogP contribution in [0.4, 0.5) is 10.1 Å². The first-order valence-electron chi connectivity index (χ1n) is 5.83. The van der Waals surface area contributed by atoms with Gasteiger partial charge in [-0.25, -0.2) is 12.8 Å². The van der Waals surface area contributed by atoms with Crippen LogP contribution >= 0.6 is 0 Å². The lowest BCUT2D eigenvalue weighted by atomic mass is 10.2. The zero-order valence-corrected chi connectivity index (χ0v) is 11.8. The second-order valence-electron chi connectivity index (χ2n) is 4.09. The number of methoxy groups -OCH3 is 1. The van der Waals surface area contributed by atoms with E-state index in [0.717, 1.165) is 6.07 Å². The highest BCUT2D eigenvalue weighted by Gasteiger charge is 2.16. The predicted molar refractivity (Wildman–Crippen MR) is 74.9 cm³/mol. The zero-order valence-electron chi connectivity index (χ0n) is 11.0. The van der Waals surface area contributed by atoms with E-state index < -0.39 is 15.8 Å². The van der Waals surface area contributed by atoms with Gasteiger partial charge < -0.3 is 4.74 Å². The van der Waals surface area contributed by atoms with E-state index in [9.17, 15) is 12.8 Å². The van der Waals surface area contributed by atoms with Crippen molar-refractivity contribution in [2.24, 2.45) is 0 Å². The van der Waals surface area contributed by atoms with Crippen LogP contribution < -0.4 is 9.46 Å². The Balaban J connectivity index is 2.29. The third-order valence-corrected chi connectivity index (χ3v) is 4.08. The highest BCUT2D eigenvalue weighted by molar-refractivity contribution is 7.92. The van der Waals surface area contributed by atoms with Gasteiger partial charge in [0.1, 0.15) is 0 Å². The van der Waals surface area contributed by atoms with Gasteiger partial charge >= 0.3 is 0 Å². The molecule has 2 aromatic rings. The number of sulfonamides is 1. The monoisotopic (exact) mass is 306 g/mol. The van der Waals surface area contributed by atoms with E-state index in [1.54, 1.807) is 0 Å². The third-order valence-electron chi connectivity index (χ3n) is 2.70. The number of anilines is 1. The van der Waals surface area contributed by atoms with Gasteiger partial charge in [-0.3, -0.25) is 4.72 Å². The highest BCUT2D eigenvalue weighted by atomic mass is 32.2. The van der Waals surface area contributed by atoms with Crippen molar-refractivity contribution in [2.75, 3.05) is 11.8 Å². The molecule has 0 unspecified atom stereocenters. The van der Waals surface area contributed by atoms with Crippen LogP contribution in [-0.2, 0) is 10.0 Å². The summed E-state index contributed by atoms with van der Waals surface area (Å²) >= 11 is 0. The summed E-state index contributed by atoms with van der Waals surface area (Å²) in [7, 11) is -2.62. The first-order chi connectivity index (χ1) is 9.96. The molecule has 0 aromatic heterocycles. The van der Waals surface area contributed by atoms with E-state index in [4.69, 9.17) is 10.00 Å². The summed E-state index contributed by atoms with van der Waals surface area (Å²) in [4.78, 5) is -0.217. The Morgan fingerprint density at radius 3 is 2.38 bits per heavy atom. The van der Waals surface area contributed by atoms with Crippen LogP contribution in [0.2, 0.25) is 0 Å². The minimum Gasteiger partial charge on any atom is -0.494 e. The Bertz CT molecular complexity index is 796. The van der Waals surface area contributed by atoms with Gasteiger partial charge in [0, 0.05) is 5.69 Å². The molecule has 0 atom stereocenters. The van der Waals surface area contributed by atoms with Gasteiger partial charge in [0.15, 0.2) is 11.6 Å². The van der Waals surface area contributed by atoms with Crippen LogP contribution in [0.3, 0.4) is 0 Å². The molecule has 0 saturated carbocycles. The van der Waals surface area contributed by atoms with Gasteiger partial charge in [-0.1, -0.05) is 0 Å². The number of hydrogen-bond donors (Lipinski definition) is 1. The van der Waals surface area contributed by atoms with Crippen molar-refractivity contribution in [2.45, 2.75) is 4.90 Å². The number of benzene rings is 2. The number of halogens is 1. The Kier molecular flexibility index (Phi) is 4.10. The van der Waals surface area contributed by atoms with E-state index in [-0.39, 0.29) is 16.3 Å². The van der Waals surface area contributed by atoms with Crippen LogP contribution in [-0.4, -0.2) is 15.5 Å². The number of nitrogens with one attached hydrogen (secondary N) is 1. The molecular weight excluding hydrogens is 295 g/mol. The second-order valence-corrected chi connectivity index (χ2v) is 5.77. The maximum Gasteiger partial charge on any atom is 0.262 e. The average molecular weight is 306 g/mol. The standard InChI is InChI=1S/C14H11FN2O3S/c1-20-14-7-6-12(8-13(14)15)21(18,19)17-11-4-2-10(9-16)3-5-11/h2-8,17H,1H3. The molecule has 108 valence electrons. The van der Waals surface area contributed by atoms with Crippen molar-refractivity contribution in [3.8, 4) is 11.8 Å². The molecule has 0 aliphatic heterocycles. The summed E-state index contributed by atoms with van der Waals surface area (Å²) in [6.45, 7) is 0. The first-order valence-corrected chi connectivity index (χ1v) is 7.31. The van der Waals surface area contributed by atoms with Crippen LogP contribution in [0.5, 0.6) is 5.75 Å². The summed E-state index contributed by atoms with van der Waals surface area (Å²) in [5.74, 6) is -0.799. The quantitative estimate of drug-likeness (QED) is 0.941. The van der Waals surface area contributed by atoms with Crippen molar-refractivity contribution >= 4 is 15.7 Å². The summed E-state index contributed by atoms with van der Waals surface area (Å²) in [5, 5.41) is 8.68. The van der Waals surface area contributed by atoms with Crippen molar-refractivity contribution < 1.29 is 17.5 Å². The normalized spacial score (nSPS) is 10.7. The lowest BCUT2D eigenvalue weighted by molar-refractivity contribution is 0.385. The molecule has 0 fully saturated rings. The molecule has 1 N–H and O–H groups in total. The fraction of sp³-hybridized carbons (Fsp3) is 0.0714. The predicted octanol–water partition coefficient (Wildman–Crippen LogP) is 2.51. The molecule has 0 amide bonds. The number of hydrogen-bond acceptors (Lipinski definition) is 4. The van der Waals surface area contributed by atoms with Gasteiger partial charge in [0.2, 0.25) is 0 Å². The first kappa shape index (κ1) is 14.8. The SMILES string of the molecule is COc1ccc(S(=O)(=O)Nc2ccc(C#N)cc2)cc1F. The van der Waals surface area contributed by atoms with E-state index in [0.29, 0.717) is 5.56 Å². The van der Waals surface area contributed by atoms with Crippen LogP contribution in [0.1, 0.15) is 5.56 Å². The average Bonchev–Trinajstić information content (AvgIpc) is 2.47. The van der Waals surface area contributed by atoms with Crippen LogP contribution in [0, 0.1) is 17.1 Å². The Morgan fingerprint density at radius 1 is 1.19 bits per heavy atom. The number of ether oxygens (including phenoxy) is 1. The minimum absolute atomic E-state index is 0.0349.